The highest BCUT2D eigenvalue weighted by atomic mass is 15.4. The Balaban J connectivity index is 1.86. The van der Waals surface area contributed by atoms with Gasteiger partial charge in [0, 0.05) is 25.7 Å². The minimum Gasteiger partial charge on any atom is -0.314 e. The first-order valence-corrected chi connectivity index (χ1v) is 7.36. The molecule has 1 heterocycles. The van der Waals surface area contributed by atoms with Crippen molar-refractivity contribution in [2.45, 2.75) is 57.9 Å². The molecule has 0 aliphatic heterocycles. The van der Waals surface area contributed by atoms with Gasteiger partial charge in [-0.15, -0.1) is 5.10 Å². The van der Waals surface area contributed by atoms with Crippen molar-refractivity contribution >= 4 is 0 Å². The summed E-state index contributed by atoms with van der Waals surface area (Å²) in [5.41, 5.74) is 1.11. The Morgan fingerprint density at radius 1 is 1.44 bits per heavy atom. The lowest BCUT2D eigenvalue weighted by Gasteiger charge is -2.21. The van der Waals surface area contributed by atoms with Crippen LogP contribution in [0.3, 0.4) is 0 Å². The number of hydrogen-bond acceptors (Lipinski definition) is 3. The quantitative estimate of drug-likeness (QED) is 0.807. The summed E-state index contributed by atoms with van der Waals surface area (Å²) in [6.45, 7) is 3.33. The number of aryl methyl sites for hydroxylation is 1. The molecule has 102 valence electrons. The Hall–Kier alpha value is -0.900. The van der Waals surface area contributed by atoms with Gasteiger partial charge < -0.3 is 5.32 Å². The first kappa shape index (κ1) is 13.5. The van der Waals surface area contributed by atoms with Crippen LogP contribution in [0.5, 0.6) is 0 Å². The van der Waals surface area contributed by atoms with Crippen LogP contribution in [0.4, 0.5) is 0 Å². The Morgan fingerprint density at radius 3 is 2.83 bits per heavy atom. The summed E-state index contributed by atoms with van der Waals surface area (Å²) in [6, 6.07) is 0.574. The van der Waals surface area contributed by atoms with Crippen molar-refractivity contribution in [1.82, 2.24) is 20.3 Å². The van der Waals surface area contributed by atoms with E-state index in [0.29, 0.717) is 6.04 Å². The van der Waals surface area contributed by atoms with E-state index in [-0.39, 0.29) is 0 Å². The highest BCUT2D eigenvalue weighted by Crippen LogP contribution is 2.29. The van der Waals surface area contributed by atoms with E-state index < -0.39 is 0 Å². The van der Waals surface area contributed by atoms with Gasteiger partial charge in [-0.25, -0.2) is 0 Å². The number of hydrogen-bond donors (Lipinski definition) is 1. The van der Waals surface area contributed by atoms with Crippen molar-refractivity contribution < 1.29 is 0 Å². The molecule has 0 radical (unpaired) electrons. The minimum atomic E-state index is 0.574. The molecule has 4 nitrogen and oxygen atoms in total. The van der Waals surface area contributed by atoms with Gasteiger partial charge >= 0.3 is 0 Å². The van der Waals surface area contributed by atoms with Crippen LogP contribution in [0.2, 0.25) is 0 Å². The smallest absolute Gasteiger partial charge is 0.0842 e. The molecule has 1 fully saturated rings. The van der Waals surface area contributed by atoms with Gasteiger partial charge in [0.05, 0.1) is 5.69 Å². The van der Waals surface area contributed by atoms with Crippen molar-refractivity contribution in [1.29, 1.82) is 0 Å². The van der Waals surface area contributed by atoms with Gasteiger partial charge in [0.25, 0.3) is 0 Å². The molecule has 18 heavy (non-hydrogen) atoms. The predicted octanol–water partition coefficient (Wildman–Crippen LogP) is 2.31. The number of nitrogens with one attached hydrogen (secondary N) is 1. The van der Waals surface area contributed by atoms with E-state index in [1.54, 1.807) is 4.68 Å². The molecule has 2 rings (SSSR count). The Morgan fingerprint density at radius 2 is 2.22 bits per heavy atom. The Labute approximate surface area is 110 Å². The zero-order valence-electron chi connectivity index (χ0n) is 11.7. The monoisotopic (exact) mass is 250 g/mol. The maximum atomic E-state index is 4.21. The van der Waals surface area contributed by atoms with E-state index >= 15 is 0 Å². The molecule has 1 saturated carbocycles. The largest absolute Gasteiger partial charge is 0.314 e. The van der Waals surface area contributed by atoms with Crippen LogP contribution >= 0.6 is 0 Å². The fraction of sp³-hybridized carbons (Fsp3) is 0.857. The summed E-state index contributed by atoms with van der Waals surface area (Å²) in [7, 11) is 1.93. The van der Waals surface area contributed by atoms with Crippen LogP contribution in [0.1, 0.15) is 51.1 Å². The van der Waals surface area contributed by atoms with Crippen molar-refractivity contribution in [3.8, 4) is 0 Å². The Bertz CT molecular complexity index is 341. The maximum absolute atomic E-state index is 4.21. The van der Waals surface area contributed by atoms with Gasteiger partial charge in [0.1, 0.15) is 0 Å². The lowest BCUT2D eigenvalue weighted by molar-refractivity contribution is 0.383. The van der Waals surface area contributed by atoms with Gasteiger partial charge in [-0.3, -0.25) is 4.68 Å². The van der Waals surface area contributed by atoms with Crippen molar-refractivity contribution in [3.05, 3.63) is 11.9 Å². The molecule has 1 aromatic heterocycles. The Kier molecular flexibility index (Phi) is 5.17. The summed E-state index contributed by atoms with van der Waals surface area (Å²) >= 11 is 0. The standard InChI is InChI=1S/C14H26N4/c1-3-8-15-13(9-12-6-4-5-7-12)10-14-11-18(2)17-16-14/h11-13,15H,3-10H2,1-2H3. The molecule has 1 aliphatic carbocycles. The topological polar surface area (TPSA) is 42.7 Å². The molecular weight excluding hydrogens is 224 g/mol. The zero-order chi connectivity index (χ0) is 12.8. The summed E-state index contributed by atoms with van der Waals surface area (Å²) < 4.78 is 1.79. The average molecular weight is 250 g/mol. The molecular formula is C14H26N4. The molecule has 0 saturated heterocycles. The van der Waals surface area contributed by atoms with E-state index in [9.17, 15) is 0 Å². The zero-order valence-corrected chi connectivity index (χ0v) is 11.7. The van der Waals surface area contributed by atoms with Crippen LogP contribution in [-0.2, 0) is 13.5 Å². The molecule has 0 amide bonds. The van der Waals surface area contributed by atoms with Crippen LogP contribution in [0.15, 0.2) is 6.20 Å². The molecule has 4 heteroatoms. The van der Waals surface area contributed by atoms with Crippen molar-refractivity contribution in [2.24, 2.45) is 13.0 Å². The highest BCUT2D eigenvalue weighted by molar-refractivity contribution is 4.96. The molecule has 1 aliphatic rings. The van der Waals surface area contributed by atoms with E-state index in [1.807, 2.05) is 13.2 Å². The third-order valence-corrected chi connectivity index (χ3v) is 3.88. The SMILES string of the molecule is CCCNC(Cc1cn(C)nn1)CC1CCCC1. The van der Waals surface area contributed by atoms with Crippen molar-refractivity contribution in [3.63, 3.8) is 0 Å². The van der Waals surface area contributed by atoms with E-state index in [2.05, 4.69) is 22.6 Å². The molecule has 1 N–H and O–H groups in total. The summed E-state index contributed by atoms with van der Waals surface area (Å²) in [5, 5.41) is 11.9. The van der Waals surface area contributed by atoms with E-state index in [4.69, 9.17) is 0 Å². The lowest BCUT2D eigenvalue weighted by Crippen LogP contribution is -2.33. The molecule has 0 aromatic carbocycles. The first-order valence-electron chi connectivity index (χ1n) is 7.36. The molecule has 1 unspecified atom stereocenters. The summed E-state index contributed by atoms with van der Waals surface area (Å²) in [6.07, 6.45) is 11.2. The van der Waals surface area contributed by atoms with Gasteiger partial charge in [-0.2, -0.15) is 0 Å². The minimum absolute atomic E-state index is 0.574. The van der Waals surface area contributed by atoms with Gasteiger partial charge in [-0.1, -0.05) is 37.8 Å². The second kappa shape index (κ2) is 6.88. The molecule has 0 bridgehead atoms. The first-order chi connectivity index (χ1) is 8.78. The lowest BCUT2D eigenvalue weighted by atomic mass is 9.95. The maximum Gasteiger partial charge on any atom is 0.0842 e. The highest BCUT2D eigenvalue weighted by Gasteiger charge is 2.20. The third-order valence-electron chi connectivity index (χ3n) is 3.88. The number of aromatic nitrogens is 3. The predicted molar refractivity (Wildman–Crippen MR) is 73.4 cm³/mol. The van der Waals surface area contributed by atoms with E-state index in [0.717, 1.165) is 24.6 Å². The van der Waals surface area contributed by atoms with Gasteiger partial charge in [0.2, 0.25) is 0 Å². The van der Waals surface area contributed by atoms with E-state index in [1.165, 1.54) is 38.5 Å². The normalized spacial score (nSPS) is 18.3. The number of rotatable bonds is 7. The van der Waals surface area contributed by atoms with Crippen molar-refractivity contribution in [2.75, 3.05) is 6.54 Å². The fourth-order valence-corrected chi connectivity index (χ4v) is 2.98. The van der Waals surface area contributed by atoms with Gasteiger partial charge in [-0.05, 0) is 25.3 Å². The summed E-state index contributed by atoms with van der Waals surface area (Å²) in [4.78, 5) is 0. The summed E-state index contributed by atoms with van der Waals surface area (Å²) in [5.74, 6) is 0.927. The van der Waals surface area contributed by atoms with Crippen LogP contribution in [0.25, 0.3) is 0 Å². The average Bonchev–Trinajstić information content (AvgIpc) is 2.98. The van der Waals surface area contributed by atoms with Gasteiger partial charge in [0.15, 0.2) is 0 Å². The molecule has 1 aromatic rings. The second-order valence-corrected chi connectivity index (χ2v) is 5.62. The third kappa shape index (κ3) is 4.09. The molecule has 1 atom stereocenters. The van der Waals surface area contributed by atoms with Crippen LogP contribution < -0.4 is 5.32 Å². The molecule has 0 spiro atoms. The fourth-order valence-electron chi connectivity index (χ4n) is 2.98. The second-order valence-electron chi connectivity index (χ2n) is 5.62. The number of nitrogens with zero attached hydrogens (tertiary/aromatic N) is 3. The van der Waals surface area contributed by atoms with Crippen LogP contribution in [0, 0.1) is 5.92 Å². The van der Waals surface area contributed by atoms with Crippen LogP contribution in [-0.4, -0.2) is 27.6 Å².